The van der Waals surface area contributed by atoms with Crippen molar-refractivity contribution in [3.8, 4) is 17.6 Å². The van der Waals surface area contributed by atoms with E-state index in [2.05, 4.69) is 24.1 Å². The van der Waals surface area contributed by atoms with Gasteiger partial charge in [-0.25, -0.2) is 0 Å². The van der Waals surface area contributed by atoms with Crippen molar-refractivity contribution >= 4 is 5.91 Å². The summed E-state index contributed by atoms with van der Waals surface area (Å²) in [4.78, 5) is 14.4. The standard InChI is InChI=1S/C20H25N3O4/c1-4-23(5-2)16(17-7-6-10-26-17)13-22-20(24)14-27-18-9-8-15(12-21)11-19(18)25-3/h6-11,16H,4-5,13-14H2,1-3H3,(H,22,24). The number of furan rings is 1. The largest absolute Gasteiger partial charge is 0.493 e. The Morgan fingerprint density at radius 2 is 2.07 bits per heavy atom. The first-order valence-corrected chi connectivity index (χ1v) is 8.88. The molecule has 1 N–H and O–H groups in total. The van der Waals surface area contributed by atoms with E-state index in [4.69, 9.17) is 19.2 Å². The van der Waals surface area contributed by atoms with Crippen molar-refractivity contribution in [2.24, 2.45) is 0 Å². The van der Waals surface area contributed by atoms with Gasteiger partial charge in [-0.2, -0.15) is 5.26 Å². The summed E-state index contributed by atoms with van der Waals surface area (Å²) < 4.78 is 16.3. The van der Waals surface area contributed by atoms with Crippen LogP contribution in [0.5, 0.6) is 11.5 Å². The molecule has 0 aliphatic rings. The molecule has 27 heavy (non-hydrogen) atoms. The highest BCUT2D eigenvalue weighted by atomic mass is 16.5. The summed E-state index contributed by atoms with van der Waals surface area (Å²) >= 11 is 0. The van der Waals surface area contributed by atoms with E-state index in [-0.39, 0.29) is 18.6 Å². The van der Waals surface area contributed by atoms with E-state index in [1.807, 2.05) is 18.2 Å². The van der Waals surface area contributed by atoms with E-state index >= 15 is 0 Å². The van der Waals surface area contributed by atoms with E-state index in [1.54, 1.807) is 24.5 Å². The van der Waals surface area contributed by atoms with Gasteiger partial charge in [-0.3, -0.25) is 9.69 Å². The molecule has 2 rings (SSSR count). The molecule has 0 saturated carbocycles. The van der Waals surface area contributed by atoms with Gasteiger partial charge in [0.25, 0.3) is 5.91 Å². The Hall–Kier alpha value is -2.98. The van der Waals surface area contributed by atoms with Crippen molar-refractivity contribution in [2.75, 3.05) is 33.4 Å². The topological polar surface area (TPSA) is 87.7 Å². The second-order valence-electron chi connectivity index (χ2n) is 5.82. The molecule has 1 heterocycles. The Morgan fingerprint density at radius 3 is 2.67 bits per heavy atom. The second-order valence-corrected chi connectivity index (χ2v) is 5.82. The molecule has 1 unspecified atom stereocenters. The van der Waals surface area contributed by atoms with Crippen molar-refractivity contribution < 1.29 is 18.7 Å². The minimum Gasteiger partial charge on any atom is -0.493 e. The molecule has 0 aliphatic carbocycles. The SMILES string of the molecule is CCN(CC)C(CNC(=O)COc1ccc(C#N)cc1OC)c1ccco1. The third-order valence-electron chi connectivity index (χ3n) is 4.27. The van der Waals surface area contributed by atoms with E-state index in [0.29, 0.717) is 23.6 Å². The number of hydrogen-bond acceptors (Lipinski definition) is 6. The number of rotatable bonds is 10. The van der Waals surface area contributed by atoms with Crippen molar-refractivity contribution in [3.05, 3.63) is 47.9 Å². The summed E-state index contributed by atoms with van der Waals surface area (Å²) in [6, 6.07) is 10.5. The van der Waals surface area contributed by atoms with Gasteiger partial charge in [0.05, 0.1) is 31.0 Å². The number of amides is 1. The molecule has 0 saturated heterocycles. The van der Waals surface area contributed by atoms with Crippen LogP contribution in [0.2, 0.25) is 0 Å². The minimum absolute atomic E-state index is 0.0385. The maximum absolute atomic E-state index is 12.2. The summed E-state index contributed by atoms with van der Waals surface area (Å²) in [6.07, 6.45) is 1.63. The lowest BCUT2D eigenvalue weighted by atomic mass is 10.2. The average molecular weight is 371 g/mol. The molecule has 1 amide bonds. The van der Waals surface area contributed by atoms with Crippen molar-refractivity contribution in [2.45, 2.75) is 19.9 Å². The van der Waals surface area contributed by atoms with Gasteiger partial charge in [0, 0.05) is 12.6 Å². The van der Waals surface area contributed by atoms with E-state index in [9.17, 15) is 4.79 Å². The van der Waals surface area contributed by atoms with Crippen LogP contribution in [0.1, 0.15) is 31.2 Å². The average Bonchev–Trinajstić information content (AvgIpc) is 3.23. The molecule has 0 bridgehead atoms. The molecule has 1 aromatic carbocycles. The van der Waals surface area contributed by atoms with Gasteiger partial charge in [-0.15, -0.1) is 0 Å². The van der Waals surface area contributed by atoms with Crippen LogP contribution < -0.4 is 14.8 Å². The van der Waals surface area contributed by atoms with Crippen molar-refractivity contribution in [1.29, 1.82) is 5.26 Å². The van der Waals surface area contributed by atoms with Gasteiger partial charge in [0.2, 0.25) is 0 Å². The monoisotopic (exact) mass is 371 g/mol. The fourth-order valence-corrected chi connectivity index (χ4v) is 2.82. The summed E-state index contributed by atoms with van der Waals surface area (Å²) in [5, 5.41) is 11.8. The van der Waals surface area contributed by atoms with Crippen LogP contribution in [-0.4, -0.2) is 44.2 Å². The first-order chi connectivity index (χ1) is 13.1. The highest BCUT2D eigenvalue weighted by molar-refractivity contribution is 5.77. The van der Waals surface area contributed by atoms with E-state index in [1.165, 1.54) is 7.11 Å². The third kappa shape index (κ3) is 5.50. The van der Waals surface area contributed by atoms with E-state index < -0.39 is 0 Å². The van der Waals surface area contributed by atoms with Gasteiger partial charge >= 0.3 is 0 Å². The number of hydrogen-bond donors (Lipinski definition) is 1. The zero-order valence-corrected chi connectivity index (χ0v) is 15.9. The van der Waals surface area contributed by atoms with Crippen LogP contribution in [-0.2, 0) is 4.79 Å². The molecular weight excluding hydrogens is 346 g/mol. The molecule has 7 heteroatoms. The molecule has 1 atom stereocenters. The lowest BCUT2D eigenvalue weighted by Crippen LogP contribution is -2.39. The molecule has 0 spiro atoms. The first kappa shape index (κ1) is 20.3. The molecule has 0 radical (unpaired) electrons. The zero-order chi connectivity index (χ0) is 19.6. The number of benzene rings is 1. The number of nitrogens with one attached hydrogen (secondary N) is 1. The van der Waals surface area contributed by atoms with Gasteiger partial charge in [-0.05, 0) is 37.4 Å². The van der Waals surface area contributed by atoms with Crippen molar-refractivity contribution in [3.63, 3.8) is 0 Å². The fraction of sp³-hybridized carbons (Fsp3) is 0.400. The molecule has 7 nitrogen and oxygen atoms in total. The number of likely N-dealkylation sites (N-methyl/N-ethyl adjacent to an activating group) is 1. The molecule has 2 aromatic rings. The predicted molar refractivity (Wildman–Crippen MR) is 101 cm³/mol. The number of carbonyl (C=O) groups is 1. The number of nitriles is 1. The van der Waals surface area contributed by atoms with Crippen LogP contribution in [0, 0.1) is 11.3 Å². The Bertz CT molecular complexity index is 764. The summed E-state index contributed by atoms with van der Waals surface area (Å²) in [7, 11) is 1.49. The van der Waals surface area contributed by atoms with Crippen LogP contribution in [0.3, 0.4) is 0 Å². The number of nitrogens with zero attached hydrogens (tertiary/aromatic N) is 2. The minimum atomic E-state index is -0.245. The van der Waals surface area contributed by atoms with Crippen LogP contribution in [0.4, 0.5) is 0 Å². The normalized spacial score (nSPS) is 11.7. The van der Waals surface area contributed by atoms with Gasteiger partial charge < -0.3 is 19.2 Å². The highest BCUT2D eigenvalue weighted by Gasteiger charge is 2.21. The number of methoxy groups -OCH3 is 1. The Kier molecular flexibility index (Phi) is 7.71. The van der Waals surface area contributed by atoms with Gasteiger partial charge in [-0.1, -0.05) is 13.8 Å². The third-order valence-corrected chi connectivity index (χ3v) is 4.27. The van der Waals surface area contributed by atoms with Gasteiger partial charge in [0.1, 0.15) is 5.76 Å². The quantitative estimate of drug-likeness (QED) is 0.691. The molecule has 144 valence electrons. The fourth-order valence-electron chi connectivity index (χ4n) is 2.82. The van der Waals surface area contributed by atoms with Crippen LogP contribution >= 0.6 is 0 Å². The van der Waals surface area contributed by atoms with E-state index in [0.717, 1.165) is 18.8 Å². The van der Waals surface area contributed by atoms with Crippen LogP contribution in [0.15, 0.2) is 41.0 Å². The number of ether oxygens (including phenoxy) is 2. The molecule has 0 aliphatic heterocycles. The molecule has 0 fully saturated rings. The smallest absolute Gasteiger partial charge is 0.258 e. The lowest BCUT2D eigenvalue weighted by Gasteiger charge is -2.28. The predicted octanol–water partition coefficient (Wildman–Crippen LogP) is 2.74. The lowest BCUT2D eigenvalue weighted by molar-refractivity contribution is -0.123. The maximum Gasteiger partial charge on any atom is 0.258 e. The Balaban J connectivity index is 1.94. The van der Waals surface area contributed by atoms with Crippen LogP contribution in [0.25, 0.3) is 0 Å². The van der Waals surface area contributed by atoms with Gasteiger partial charge in [0.15, 0.2) is 18.1 Å². The number of carbonyl (C=O) groups excluding carboxylic acids is 1. The summed E-state index contributed by atoms with van der Waals surface area (Å²) in [6.45, 7) is 6.10. The second kappa shape index (κ2) is 10.2. The highest BCUT2D eigenvalue weighted by Crippen LogP contribution is 2.27. The maximum atomic E-state index is 12.2. The zero-order valence-electron chi connectivity index (χ0n) is 15.9. The molecule has 1 aromatic heterocycles. The first-order valence-electron chi connectivity index (χ1n) is 8.88. The summed E-state index contributed by atoms with van der Waals surface area (Å²) in [5.41, 5.74) is 0.462. The molecular formula is C20H25N3O4. The Morgan fingerprint density at radius 1 is 1.30 bits per heavy atom. The van der Waals surface area contributed by atoms with Crippen molar-refractivity contribution in [1.82, 2.24) is 10.2 Å². The Labute approximate surface area is 159 Å². The summed E-state index contributed by atoms with van der Waals surface area (Å²) in [5.74, 6) is 1.40.